The van der Waals surface area contributed by atoms with E-state index in [9.17, 15) is 0 Å². The number of para-hydroxylation sites is 1. The van der Waals surface area contributed by atoms with Gasteiger partial charge in [0.25, 0.3) is 0 Å². The van der Waals surface area contributed by atoms with Crippen LogP contribution >= 0.6 is 0 Å². The lowest BCUT2D eigenvalue weighted by Crippen LogP contribution is -1.96. The summed E-state index contributed by atoms with van der Waals surface area (Å²) >= 11 is 0. The second-order valence-corrected chi connectivity index (χ2v) is 2.62. The molecule has 0 atom stereocenters. The number of ether oxygens (including phenoxy) is 1. The van der Waals surface area contributed by atoms with E-state index in [1.807, 2.05) is 42.5 Å². The van der Waals surface area contributed by atoms with Crippen molar-refractivity contribution in [2.24, 2.45) is 5.73 Å². The van der Waals surface area contributed by atoms with Crippen LogP contribution in [0.1, 0.15) is 5.56 Å². The van der Waals surface area contributed by atoms with Crippen molar-refractivity contribution in [1.29, 1.82) is 5.26 Å². The zero-order valence-electron chi connectivity index (χ0n) is 7.81. The van der Waals surface area contributed by atoms with Crippen molar-refractivity contribution >= 4 is 6.08 Å². The molecule has 0 aliphatic heterocycles. The molecular formula is C11H12N2O. The van der Waals surface area contributed by atoms with E-state index in [4.69, 9.17) is 15.7 Å². The third-order valence-corrected chi connectivity index (χ3v) is 1.64. The van der Waals surface area contributed by atoms with Crippen LogP contribution in [0.2, 0.25) is 0 Å². The molecular weight excluding hydrogens is 176 g/mol. The van der Waals surface area contributed by atoms with Crippen molar-refractivity contribution in [3.05, 3.63) is 35.9 Å². The number of nitriles is 1. The lowest BCUT2D eigenvalue weighted by Gasteiger charge is -2.04. The van der Waals surface area contributed by atoms with Crippen LogP contribution in [0.5, 0.6) is 5.75 Å². The van der Waals surface area contributed by atoms with Crippen LogP contribution in [0.25, 0.3) is 6.08 Å². The molecule has 1 aromatic carbocycles. The number of nitrogens with zero attached hydrogens (tertiary/aromatic N) is 1. The Bertz CT molecular complexity index is 353. The Hall–Kier alpha value is -1.79. The molecule has 0 unspecified atom stereocenters. The van der Waals surface area contributed by atoms with Crippen LogP contribution in [-0.4, -0.2) is 13.2 Å². The van der Waals surface area contributed by atoms with Gasteiger partial charge in [0.2, 0.25) is 0 Å². The van der Waals surface area contributed by atoms with Crippen molar-refractivity contribution < 1.29 is 4.74 Å². The molecule has 3 nitrogen and oxygen atoms in total. The topological polar surface area (TPSA) is 59.0 Å². The molecule has 0 spiro atoms. The summed E-state index contributed by atoms with van der Waals surface area (Å²) in [5.41, 5.74) is 6.28. The second kappa shape index (κ2) is 5.79. The predicted octanol–water partition coefficient (Wildman–Crippen LogP) is 1.56. The molecule has 1 rings (SSSR count). The summed E-state index contributed by atoms with van der Waals surface area (Å²) < 4.78 is 5.23. The van der Waals surface area contributed by atoms with Crippen molar-refractivity contribution in [2.45, 2.75) is 0 Å². The minimum atomic E-state index is 0.0630. The van der Waals surface area contributed by atoms with Crippen molar-refractivity contribution in [3.8, 4) is 11.8 Å². The van der Waals surface area contributed by atoms with E-state index in [0.29, 0.717) is 12.3 Å². The van der Waals surface area contributed by atoms with Gasteiger partial charge in [-0.1, -0.05) is 30.4 Å². The van der Waals surface area contributed by atoms with Gasteiger partial charge in [-0.25, -0.2) is 0 Å². The molecule has 0 fully saturated rings. The summed E-state index contributed by atoms with van der Waals surface area (Å²) in [5.74, 6) is 0.707. The highest BCUT2D eigenvalue weighted by Gasteiger charge is 1.97. The van der Waals surface area contributed by atoms with Crippen molar-refractivity contribution in [1.82, 2.24) is 0 Å². The highest BCUT2D eigenvalue weighted by Crippen LogP contribution is 2.18. The molecule has 0 saturated heterocycles. The number of hydrogen-bond donors (Lipinski definition) is 1. The fourth-order valence-corrected chi connectivity index (χ4v) is 1.05. The van der Waals surface area contributed by atoms with E-state index >= 15 is 0 Å². The number of nitrogens with two attached hydrogens (primary N) is 1. The highest BCUT2D eigenvalue weighted by atomic mass is 16.5. The van der Waals surface area contributed by atoms with E-state index in [-0.39, 0.29) is 6.61 Å². The lowest BCUT2D eigenvalue weighted by atomic mass is 10.2. The van der Waals surface area contributed by atoms with Gasteiger partial charge in [0.15, 0.2) is 6.61 Å². The van der Waals surface area contributed by atoms with Crippen LogP contribution in [0.4, 0.5) is 0 Å². The van der Waals surface area contributed by atoms with Crippen LogP contribution in [0.3, 0.4) is 0 Å². The molecule has 0 aliphatic carbocycles. The molecule has 0 radical (unpaired) electrons. The predicted molar refractivity (Wildman–Crippen MR) is 55.6 cm³/mol. The summed E-state index contributed by atoms with van der Waals surface area (Å²) in [5, 5.41) is 8.38. The maximum absolute atomic E-state index is 8.38. The maximum atomic E-state index is 8.38. The molecule has 0 saturated carbocycles. The standard InChI is InChI=1S/C11H12N2O/c12-7-3-5-10-4-1-2-6-11(10)14-9-8-13/h1-6H,7,9,12H2. The summed E-state index contributed by atoms with van der Waals surface area (Å²) in [6.45, 7) is 0.556. The maximum Gasteiger partial charge on any atom is 0.174 e. The molecule has 0 heterocycles. The zero-order chi connectivity index (χ0) is 10.2. The molecule has 0 amide bonds. The molecule has 0 bridgehead atoms. The van der Waals surface area contributed by atoms with Crippen molar-refractivity contribution in [2.75, 3.05) is 13.2 Å². The second-order valence-electron chi connectivity index (χ2n) is 2.62. The van der Waals surface area contributed by atoms with Gasteiger partial charge < -0.3 is 10.5 Å². The quantitative estimate of drug-likeness (QED) is 0.780. The normalized spacial score (nSPS) is 10.0. The van der Waals surface area contributed by atoms with E-state index in [1.54, 1.807) is 0 Å². The van der Waals surface area contributed by atoms with E-state index in [0.717, 1.165) is 5.56 Å². The molecule has 2 N–H and O–H groups in total. The van der Waals surface area contributed by atoms with Gasteiger partial charge in [0.05, 0.1) is 0 Å². The average Bonchev–Trinajstić information content (AvgIpc) is 2.24. The number of benzene rings is 1. The van der Waals surface area contributed by atoms with Gasteiger partial charge in [-0.2, -0.15) is 5.26 Å². The Balaban J connectivity index is 2.81. The van der Waals surface area contributed by atoms with E-state index < -0.39 is 0 Å². The Morgan fingerprint density at radius 3 is 2.93 bits per heavy atom. The first-order chi connectivity index (χ1) is 6.88. The fraction of sp³-hybridized carbons (Fsp3) is 0.182. The highest BCUT2D eigenvalue weighted by molar-refractivity contribution is 5.57. The van der Waals surface area contributed by atoms with Gasteiger partial charge in [-0.15, -0.1) is 0 Å². The minimum absolute atomic E-state index is 0.0630. The first-order valence-electron chi connectivity index (χ1n) is 4.34. The van der Waals surface area contributed by atoms with Crippen LogP contribution in [0.15, 0.2) is 30.3 Å². The molecule has 14 heavy (non-hydrogen) atoms. The number of hydrogen-bond acceptors (Lipinski definition) is 3. The van der Waals surface area contributed by atoms with Crippen LogP contribution < -0.4 is 10.5 Å². The minimum Gasteiger partial charge on any atom is -0.478 e. The first kappa shape index (κ1) is 10.3. The van der Waals surface area contributed by atoms with Gasteiger partial charge in [0, 0.05) is 12.1 Å². The van der Waals surface area contributed by atoms with Crippen LogP contribution in [-0.2, 0) is 0 Å². The lowest BCUT2D eigenvalue weighted by molar-refractivity contribution is 0.367. The van der Waals surface area contributed by atoms with E-state index in [1.165, 1.54) is 0 Å². The average molecular weight is 188 g/mol. The largest absolute Gasteiger partial charge is 0.478 e. The third-order valence-electron chi connectivity index (χ3n) is 1.64. The molecule has 1 aromatic rings. The third kappa shape index (κ3) is 2.92. The first-order valence-corrected chi connectivity index (χ1v) is 4.34. The SMILES string of the molecule is N#CCOc1ccccc1C=CCN. The Kier molecular flexibility index (Phi) is 4.25. The smallest absolute Gasteiger partial charge is 0.174 e. The van der Waals surface area contributed by atoms with E-state index in [2.05, 4.69) is 0 Å². The Morgan fingerprint density at radius 1 is 1.43 bits per heavy atom. The van der Waals surface area contributed by atoms with Gasteiger partial charge in [0.1, 0.15) is 11.8 Å². The molecule has 3 heteroatoms. The zero-order valence-corrected chi connectivity index (χ0v) is 7.81. The summed E-state index contributed by atoms with van der Waals surface area (Å²) in [4.78, 5) is 0. The molecule has 0 aliphatic rings. The number of rotatable bonds is 4. The summed E-state index contributed by atoms with van der Waals surface area (Å²) in [6, 6.07) is 9.45. The monoisotopic (exact) mass is 188 g/mol. The van der Waals surface area contributed by atoms with Crippen LogP contribution in [0, 0.1) is 11.3 Å². The Morgan fingerprint density at radius 2 is 2.21 bits per heavy atom. The van der Waals surface area contributed by atoms with Crippen molar-refractivity contribution in [3.63, 3.8) is 0 Å². The summed E-state index contributed by atoms with van der Waals surface area (Å²) in [7, 11) is 0. The van der Waals surface area contributed by atoms with Gasteiger partial charge in [-0.3, -0.25) is 0 Å². The molecule has 72 valence electrons. The van der Waals surface area contributed by atoms with Gasteiger partial charge >= 0.3 is 0 Å². The Labute approximate surface area is 83.4 Å². The summed E-state index contributed by atoms with van der Waals surface area (Å²) in [6.07, 6.45) is 3.72. The fourth-order valence-electron chi connectivity index (χ4n) is 1.05. The molecule has 0 aromatic heterocycles. The van der Waals surface area contributed by atoms with Gasteiger partial charge in [-0.05, 0) is 6.07 Å².